The van der Waals surface area contributed by atoms with Gasteiger partial charge in [-0.3, -0.25) is 4.68 Å². The predicted molar refractivity (Wildman–Crippen MR) is 65.3 cm³/mol. The number of nitrogens with zero attached hydrogens (tertiary/aromatic N) is 2. The van der Waals surface area contributed by atoms with Crippen molar-refractivity contribution in [1.29, 1.82) is 0 Å². The predicted octanol–water partition coefficient (Wildman–Crippen LogP) is 1.89. The Morgan fingerprint density at radius 3 is 2.81 bits per heavy atom. The van der Waals surface area contributed by atoms with E-state index in [-0.39, 0.29) is 12.1 Å². The summed E-state index contributed by atoms with van der Waals surface area (Å²) in [6.45, 7) is 5.27. The zero-order valence-electron chi connectivity index (χ0n) is 10.7. The molecule has 1 rings (SSSR count). The molecule has 1 heterocycles. The van der Waals surface area contributed by atoms with Crippen LogP contribution in [-0.2, 0) is 11.8 Å². The van der Waals surface area contributed by atoms with Crippen molar-refractivity contribution in [3.63, 3.8) is 0 Å². The molecule has 0 aliphatic rings. The van der Waals surface area contributed by atoms with Gasteiger partial charge in [-0.05, 0) is 32.4 Å². The lowest BCUT2D eigenvalue weighted by atomic mass is 10.1. The fourth-order valence-corrected chi connectivity index (χ4v) is 1.67. The Labute approximate surface area is 98.0 Å². The molecule has 1 aromatic rings. The van der Waals surface area contributed by atoms with Crippen molar-refractivity contribution < 1.29 is 4.74 Å². The van der Waals surface area contributed by atoms with Crippen molar-refractivity contribution in [1.82, 2.24) is 15.1 Å². The molecular formula is C12H23N3O. The van der Waals surface area contributed by atoms with Gasteiger partial charge in [0.05, 0.1) is 17.8 Å². The largest absolute Gasteiger partial charge is 0.382 e. The van der Waals surface area contributed by atoms with Gasteiger partial charge in [-0.1, -0.05) is 6.92 Å². The minimum atomic E-state index is 0.247. The zero-order valence-corrected chi connectivity index (χ0v) is 10.7. The van der Waals surface area contributed by atoms with E-state index in [4.69, 9.17) is 4.74 Å². The molecule has 92 valence electrons. The van der Waals surface area contributed by atoms with Gasteiger partial charge in [-0.15, -0.1) is 0 Å². The van der Waals surface area contributed by atoms with Crippen LogP contribution >= 0.6 is 0 Å². The van der Waals surface area contributed by atoms with Gasteiger partial charge in [0, 0.05) is 20.4 Å². The highest BCUT2D eigenvalue weighted by Gasteiger charge is 2.16. The highest BCUT2D eigenvalue weighted by molar-refractivity contribution is 5.05. The molecule has 2 atom stereocenters. The highest BCUT2D eigenvalue weighted by atomic mass is 16.5. The third-order valence-corrected chi connectivity index (χ3v) is 2.70. The zero-order chi connectivity index (χ0) is 12.0. The Morgan fingerprint density at radius 2 is 2.31 bits per heavy atom. The van der Waals surface area contributed by atoms with Crippen LogP contribution in [0.1, 0.15) is 38.4 Å². The third kappa shape index (κ3) is 3.94. The third-order valence-electron chi connectivity index (χ3n) is 2.70. The summed E-state index contributed by atoms with van der Waals surface area (Å²) in [6.07, 6.45) is 4.31. The van der Waals surface area contributed by atoms with Crippen molar-refractivity contribution >= 4 is 0 Å². The lowest BCUT2D eigenvalue weighted by molar-refractivity contribution is 0.0998. The number of hydrogen-bond acceptors (Lipinski definition) is 3. The Bertz CT molecular complexity index is 298. The van der Waals surface area contributed by atoms with Crippen molar-refractivity contribution in [2.75, 3.05) is 13.7 Å². The van der Waals surface area contributed by atoms with E-state index in [1.165, 1.54) is 0 Å². The van der Waals surface area contributed by atoms with Gasteiger partial charge < -0.3 is 10.1 Å². The average molecular weight is 225 g/mol. The van der Waals surface area contributed by atoms with Crippen LogP contribution in [0.15, 0.2) is 12.3 Å². The summed E-state index contributed by atoms with van der Waals surface area (Å²) < 4.78 is 7.16. The van der Waals surface area contributed by atoms with Crippen LogP contribution in [0.2, 0.25) is 0 Å². The van der Waals surface area contributed by atoms with E-state index in [9.17, 15) is 0 Å². The first-order valence-corrected chi connectivity index (χ1v) is 5.93. The molecule has 0 fully saturated rings. The van der Waals surface area contributed by atoms with Crippen LogP contribution < -0.4 is 5.32 Å². The van der Waals surface area contributed by atoms with E-state index >= 15 is 0 Å². The van der Waals surface area contributed by atoms with E-state index in [0.29, 0.717) is 0 Å². The van der Waals surface area contributed by atoms with Gasteiger partial charge in [0.2, 0.25) is 0 Å². The maximum Gasteiger partial charge on any atom is 0.0794 e. The number of hydrogen-bond donors (Lipinski definition) is 1. The number of methoxy groups -OCH3 is 1. The van der Waals surface area contributed by atoms with Crippen LogP contribution in [-0.4, -0.2) is 29.5 Å². The molecule has 4 heteroatoms. The van der Waals surface area contributed by atoms with Gasteiger partial charge in [-0.25, -0.2) is 0 Å². The standard InChI is InChI=1S/C12H23N3O/c1-5-7-13-12(9-10(2)16-4)11-6-8-15(3)14-11/h6,8,10,12-13H,5,7,9H2,1-4H3. The molecule has 0 aliphatic heterocycles. The summed E-state index contributed by atoms with van der Waals surface area (Å²) >= 11 is 0. The summed E-state index contributed by atoms with van der Waals surface area (Å²) in [7, 11) is 3.69. The van der Waals surface area contributed by atoms with Gasteiger partial charge in [0.25, 0.3) is 0 Å². The molecular weight excluding hydrogens is 202 g/mol. The summed E-state index contributed by atoms with van der Waals surface area (Å²) in [5.74, 6) is 0. The first-order valence-electron chi connectivity index (χ1n) is 5.93. The number of rotatable bonds is 7. The van der Waals surface area contributed by atoms with Crippen molar-refractivity contribution in [3.8, 4) is 0 Å². The van der Waals surface area contributed by atoms with E-state index in [1.807, 2.05) is 17.9 Å². The van der Waals surface area contributed by atoms with Crippen LogP contribution in [0.5, 0.6) is 0 Å². The number of aryl methyl sites for hydroxylation is 1. The molecule has 4 nitrogen and oxygen atoms in total. The number of aromatic nitrogens is 2. The first-order chi connectivity index (χ1) is 7.67. The van der Waals surface area contributed by atoms with Gasteiger partial charge in [0.15, 0.2) is 0 Å². The van der Waals surface area contributed by atoms with Gasteiger partial charge in [-0.2, -0.15) is 5.10 Å². The monoisotopic (exact) mass is 225 g/mol. The normalized spacial score (nSPS) is 15.0. The lowest BCUT2D eigenvalue weighted by Gasteiger charge is -2.19. The Kier molecular flexibility index (Phi) is 5.49. The molecule has 0 saturated heterocycles. The van der Waals surface area contributed by atoms with E-state index < -0.39 is 0 Å². The summed E-state index contributed by atoms with van der Waals surface area (Å²) in [4.78, 5) is 0. The van der Waals surface area contributed by atoms with Crippen molar-refractivity contribution in [2.24, 2.45) is 7.05 Å². The minimum absolute atomic E-state index is 0.247. The second-order valence-corrected chi connectivity index (χ2v) is 4.20. The summed E-state index contributed by atoms with van der Waals surface area (Å²) in [5, 5.41) is 7.96. The fourth-order valence-electron chi connectivity index (χ4n) is 1.67. The SMILES string of the molecule is CCCNC(CC(C)OC)c1ccn(C)n1. The quantitative estimate of drug-likeness (QED) is 0.770. The Balaban J connectivity index is 2.62. The smallest absolute Gasteiger partial charge is 0.0794 e. The molecule has 0 saturated carbocycles. The minimum Gasteiger partial charge on any atom is -0.382 e. The van der Waals surface area contributed by atoms with E-state index in [0.717, 1.165) is 25.1 Å². The molecule has 1 aromatic heterocycles. The molecule has 1 N–H and O–H groups in total. The summed E-state index contributed by atoms with van der Waals surface area (Å²) in [5.41, 5.74) is 1.10. The second kappa shape index (κ2) is 6.66. The topological polar surface area (TPSA) is 39.1 Å². The lowest BCUT2D eigenvalue weighted by Crippen LogP contribution is -2.26. The second-order valence-electron chi connectivity index (χ2n) is 4.20. The Hall–Kier alpha value is -0.870. The fraction of sp³-hybridized carbons (Fsp3) is 0.750. The number of ether oxygens (including phenoxy) is 1. The molecule has 0 spiro atoms. The van der Waals surface area contributed by atoms with Crippen molar-refractivity contribution in [2.45, 2.75) is 38.8 Å². The molecule has 16 heavy (non-hydrogen) atoms. The Morgan fingerprint density at radius 1 is 1.56 bits per heavy atom. The van der Waals surface area contributed by atoms with Crippen LogP contribution in [0, 0.1) is 0 Å². The van der Waals surface area contributed by atoms with Crippen LogP contribution in [0.25, 0.3) is 0 Å². The summed E-state index contributed by atoms with van der Waals surface area (Å²) in [6, 6.07) is 2.35. The number of nitrogens with one attached hydrogen (secondary N) is 1. The van der Waals surface area contributed by atoms with E-state index in [2.05, 4.69) is 30.3 Å². The van der Waals surface area contributed by atoms with Gasteiger partial charge in [0.1, 0.15) is 0 Å². The van der Waals surface area contributed by atoms with Crippen molar-refractivity contribution in [3.05, 3.63) is 18.0 Å². The van der Waals surface area contributed by atoms with E-state index in [1.54, 1.807) is 7.11 Å². The van der Waals surface area contributed by atoms with Crippen LogP contribution in [0.3, 0.4) is 0 Å². The molecule has 0 radical (unpaired) electrons. The maximum atomic E-state index is 5.31. The highest BCUT2D eigenvalue weighted by Crippen LogP contribution is 2.17. The molecule has 0 aliphatic carbocycles. The maximum absolute atomic E-state index is 5.31. The molecule has 2 unspecified atom stereocenters. The van der Waals surface area contributed by atoms with Crippen LogP contribution in [0.4, 0.5) is 0 Å². The molecule has 0 amide bonds. The first kappa shape index (κ1) is 13.2. The molecule has 0 bridgehead atoms. The molecule has 0 aromatic carbocycles. The average Bonchev–Trinajstić information content (AvgIpc) is 2.70. The van der Waals surface area contributed by atoms with Gasteiger partial charge >= 0.3 is 0 Å².